The number of anilines is 1. The Kier molecular flexibility index (Phi) is 8.43. The van der Waals surface area contributed by atoms with Crippen LogP contribution in [0.5, 0.6) is 5.75 Å². The maximum absolute atomic E-state index is 11.8. The molecule has 2 atom stereocenters. The SMILES string of the molecule is CC(C)(C)C1CCc2nc3sc(S(C)(=O)=O)c(N)c3cc2C1.CC(C)(C)C1CCc2nc3sc(S(C)(=O)=O)c(O)c3cc2C1. The molecule has 0 fully saturated rings. The van der Waals surface area contributed by atoms with E-state index >= 15 is 0 Å². The number of thiophene rings is 2. The van der Waals surface area contributed by atoms with Crippen LogP contribution in [0.25, 0.3) is 20.4 Å². The lowest BCUT2D eigenvalue weighted by molar-refractivity contribution is 0.215. The van der Waals surface area contributed by atoms with Crippen molar-refractivity contribution in [3.05, 3.63) is 34.6 Å². The molecule has 44 heavy (non-hydrogen) atoms. The molecule has 2 aliphatic rings. The minimum Gasteiger partial charge on any atom is -0.505 e. The maximum Gasteiger partial charge on any atom is 0.188 e. The van der Waals surface area contributed by atoms with E-state index in [1.54, 1.807) is 0 Å². The average Bonchev–Trinajstić information content (AvgIpc) is 3.41. The second kappa shape index (κ2) is 11.2. The van der Waals surface area contributed by atoms with Gasteiger partial charge in [0, 0.05) is 29.3 Å². The van der Waals surface area contributed by atoms with Crippen LogP contribution in [0.15, 0.2) is 20.6 Å². The van der Waals surface area contributed by atoms with E-state index in [0.29, 0.717) is 27.7 Å². The first kappa shape index (κ1) is 33.1. The third kappa shape index (κ3) is 6.50. The number of pyridine rings is 2. The zero-order valence-corrected chi connectivity index (χ0v) is 30.0. The summed E-state index contributed by atoms with van der Waals surface area (Å²) in [5, 5.41) is 11.6. The summed E-state index contributed by atoms with van der Waals surface area (Å²) in [5.41, 5.74) is 11.5. The lowest BCUT2D eigenvalue weighted by atomic mass is 9.71. The van der Waals surface area contributed by atoms with E-state index in [-0.39, 0.29) is 25.0 Å². The van der Waals surface area contributed by atoms with E-state index in [1.807, 2.05) is 6.07 Å². The van der Waals surface area contributed by atoms with Crippen LogP contribution in [0, 0.1) is 22.7 Å². The van der Waals surface area contributed by atoms with Crippen LogP contribution in [-0.4, -0.2) is 44.4 Å². The van der Waals surface area contributed by atoms with Crippen molar-refractivity contribution in [2.45, 2.75) is 88.5 Å². The second-order valence-electron chi connectivity index (χ2n) is 14.6. The van der Waals surface area contributed by atoms with Crippen molar-refractivity contribution in [3.63, 3.8) is 0 Å². The van der Waals surface area contributed by atoms with Gasteiger partial charge in [0.2, 0.25) is 0 Å². The molecule has 0 aromatic carbocycles. The lowest BCUT2D eigenvalue weighted by Gasteiger charge is -2.34. The minimum atomic E-state index is -3.42. The fourth-order valence-corrected chi connectivity index (χ4v) is 10.6. The van der Waals surface area contributed by atoms with Gasteiger partial charge in [-0.1, -0.05) is 52.9 Å². The third-order valence-corrected chi connectivity index (χ3v) is 15.0. The molecule has 4 aromatic rings. The summed E-state index contributed by atoms with van der Waals surface area (Å²) in [6.07, 6.45) is 8.35. The summed E-state index contributed by atoms with van der Waals surface area (Å²) in [6.45, 7) is 13.6. The molecular formula is C32H43N3O5S4. The fourth-order valence-electron chi connectivity index (χ4n) is 6.31. The molecule has 2 aliphatic carbocycles. The monoisotopic (exact) mass is 677 g/mol. The van der Waals surface area contributed by atoms with Gasteiger partial charge in [-0.05, 0) is 84.5 Å². The first-order valence-corrected chi connectivity index (χ1v) is 20.3. The summed E-state index contributed by atoms with van der Waals surface area (Å²) in [7, 11) is -6.72. The fraction of sp³-hybridized carbons (Fsp3) is 0.562. The van der Waals surface area contributed by atoms with Crippen molar-refractivity contribution in [2.75, 3.05) is 18.2 Å². The van der Waals surface area contributed by atoms with Crippen LogP contribution < -0.4 is 5.73 Å². The Morgan fingerprint density at radius 1 is 0.750 bits per heavy atom. The van der Waals surface area contributed by atoms with Gasteiger partial charge in [0.05, 0.1) is 11.1 Å². The first-order chi connectivity index (χ1) is 20.1. The first-order valence-electron chi connectivity index (χ1n) is 14.9. The molecule has 6 rings (SSSR count). The standard InChI is InChI=1S/C16H22N2O2S2.C16H21NO3S2/c1-16(2,3)10-5-6-12-9(7-10)8-11-13(17)15(22(4,19)20)21-14(11)18-12;1-16(2,3)10-5-6-12-9(7-10)8-11-13(18)15(22(4,19)20)21-14(11)17-12/h8,10H,5-7,17H2,1-4H3;8,10,18H,5-7H2,1-4H3. The van der Waals surface area contributed by atoms with Gasteiger partial charge >= 0.3 is 0 Å². The van der Waals surface area contributed by atoms with Gasteiger partial charge in [0.25, 0.3) is 0 Å². The Balaban J connectivity index is 0.000000175. The number of hydrogen-bond acceptors (Lipinski definition) is 10. The van der Waals surface area contributed by atoms with Crippen LogP contribution in [0.2, 0.25) is 0 Å². The molecule has 0 spiro atoms. The van der Waals surface area contributed by atoms with Crippen molar-refractivity contribution >= 4 is 68.5 Å². The number of nitrogen functional groups attached to an aromatic ring is 1. The molecule has 0 bridgehead atoms. The quantitative estimate of drug-likeness (QED) is 0.231. The number of hydrogen-bond donors (Lipinski definition) is 2. The number of aromatic hydroxyl groups is 1. The Hall–Kier alpha value is -2.28. The Morgan fingerprint density at radius 2 is 1.16 bits per heavy atom. The van der Waals surface area contributed by atoms with E-state index in [2.05, 4.69) is 52.6 Å². The predicted octanol–water partition coefficient (Wildman–Crippen LogP) is 6.99. The van der Waals surface area contributed by atoms with Crippen molar-refractivity contribution in [1.82, 2.24) is 9.97 Å². The van der Waals surface area contributed by atoms with E-state index < -0.39 is 19.7 Å². The largest absolute Gasteiger partial charge is 0.505 e. The zero-order valence-electron chi connectivity index (χ0n) is 26.7. The Bertz CT molecular complexity index is 1830. The highest BCUT2D eigenvalue weighted by Crippen LogP contribution is 2.44. The highest BCUT2D eigenvalue weighted by Gasteiger charge is 2.32. The number of sulfone groups is 2. The van der Waals surface area contributed by atoms with Crippen molar-refractivity contribution in [1.29, 1.82) is 0 Å². The van der Waals surface area contributed by atoms with E-state index in [4.69, 9.17) is 10.7 Å². The summed E-state index contributed by atoms with van der Waals surface area (Å²) < 4.78 is 47.4. The molecule has 4 aromatic heterocycles. The van der Waals surface area contributed by atoms with Crippen LogP contribution in [0.4, 0.5) is 5.69 Å². The minimum absolute atomic E-state index is 0.0183. The number of aryl methyl sites for hydroxylation is 2. The zero-order chi connectivity index (χ0) is 32.6. The molecule has 8 nitrogen and oxygen atoms in total. The second-order valence-corrected chi connectivity index (χ2v) is 21.0. The van der Waals surface area contributed by atoms with Gasteiger partial charge in [-0.3, -0.25) is 0 Å². The molecule has 3 N–H and O–H groups in total. The van der Waals surface area contributed by atoms with Crippen molar-refractivity contribution in [2.24, 2.45) is 22.7 Å². The van der Waals surface area contributed by atoms with Gasteiger partial charge in [-0.2, -0.15) is 0 Å². The predicted molar refractivity (Wildman–Crippen MR) is 181 cm³/mol. The van der Waals surface area contributed by atoms with Gasteiger partial charge in [-0.25, -0.2) is 26.8 Å². The smallest absolute Gasteiger partial charge is 0.188 e. The molecule has 2 unspecified atom stereocenters. The number of rotatable bonds is 2. The Morgan fingerprint density at radius 3 is 1.59 bits per heavy atom. The lowest BCUT2D eigenvalue weighted by Crippen LogP contribution is -2.27. The van der Waals surface area contributed by atoms with Crippen LogP contribution in [0.3, 0.4) is 0 Å². The van der Waals surface area contributed by atoms with E-state index in [1.165, 1.54) is 23.2 Å². The molecule has 0 amide bonds. The summed E-state index contributed by atoms with van der Waals surface area (Å²) in [4.78, 5) is 10.7. The molecule has 240 valence electrons. The number of fused-ring (bicyclic) bond motifs is 4. The molecule has 4 heterocycles. The van der Waals surface area contributed by atoms with Crippen molar-refractivity contribution in [3.8, 4) is 5.75 Å². The van der Waals surface area contributed by atoms with Crippen LogP contribution in [-0.2, 0) is 45.4 Å². The number of nitrogens with zero attached hydrogens (tertiary/aromatic N) is 2. The van der Waals surface area contributed by atoms with Gasteiger partial charge in [-0.15, -0.1) is 11.3 Å². The van der Waals surface area contributed by atoms with Gasteiger partial charge in [0.15, 0.2) is 29.6 Å². The molecule has 0 aliphatic heterocycles. The highest BCUT2D eigenvalue weighted by molar-refractivity contribution is 7.93. The van der Waals surface area contributed by atoms with Gasteiger partial charge in [0.1, 0.15) is 13.9 Å². The van der Waals surface area contributed by atoms with Crippen LogP contribution in [0.1, 0.15) is 76.9 Å². The van der Waals surface area contributed by atoms with E-state index in [9.17, 15) is 21.9 Å². The molecular weight excluding hydrogens is 635 g/mol. The summed E-state index contributed by atoms with van der Waals surface area (Å²) in [5.74, 6) is 1.05. The normalized spacial score (nSPS) is 19.4. The van der Waals surface area contributed by atoms with E-state index in [0.717, 1.165) is 83.3 Å². The Labute approximate surface area is 269 Å². The average molecular weight is 678 g/mol. The third-order valence-electron chi connectivity index (χ3n) is 9.16. The van der Waals surface area contributed by atoms with Gasteiger partial charge < -0.3 is 10.8 Å². The van der Waals surface area contributed by atoms with Crippen LogP contribution >= 0.6 is 22.7 Å². The summed E-state index contributed by atoms with van der Waals surface area (Å²) >= 11 is 2.25. The highest BCUT2D eigenvalue weighted by atomic mass is 32.2. The number of nitrogens with two attached hydrogens (primary N) is 1. The maximum atomic E-state index is 11.8. The summed E-state index contributed by atoms with van der Waals surface area (Å²) in [6, 6.07) is 4.01. The molecule has 0 saturated carbocycles. The molecule has 0 radical (unpaired) electrons. The molecule has 0 saturated heterocycles. The molecule has 12 heteroatoms. The van der Waals surface area contributed by atoms with Crippen molar-refractivity contribution < 1.29 is 21.9 Å². The topological polar surface area (TPSA) is 140 Å². The number of aromatic nitrogens is 2.